The summed E-state index contributed by atoms with van der Waals surface area (Å²) in [5.41, 5.74) is 0.687. The molecule has 1 aromatic rings. The van der Waals surface area contributed by atoms with Gasteiger partial charge in [0.2, 0.25) is 0 Å². The molecule has 1 aromatic heterocycles. The van der Waals surface area contributed by atoms with Gasteiger partial charge in [-0.1, -0.05) is 0 Å². The quantitative estimate of drug-likeness (QED) is 0.383. The Morgan fingerprint density at radius 1 is 1.58 bits per heavy atom. The summed E-state index contributed by atoms with van der Waals surface area (Å²) in [6.45, 7) is 2.74. The molecule has 0 saturated carbocycles. The summed E-state index contributed by atoms with van der Waals surface area (Å²) >= 11 is 0. The zero-order chi connectivity index (χ0) is 19.5. The standard InChI is InChI=1S/C15H22N4O7/c1-8-12(14(18-22)17-7-16-8)9(19(23)24)4-5-11-15(2,25-3)13(21)10(6-20)26-11/h4,7,10-11,13,20-22H,5-6H2,1-3H3,(H,16,17,18)/b9-4+. The molecular weight excluding hydrogens is 348 g/mol. The Morgan fingerprint density at radius 2 is 2.27 bits per heavy atom. The zero-order valence-electron chi connectivity index (χ0n) is 14.6. The van der Waals surface area contributed by atoms with E-state index in [9.17, 15) is 25.5 Å². The fourth-order valence-corrected chi connectivity index (χ4v) is 3.02. The summed E-state index contributed by atoms with van der Waals surface area (Å²) < 4.78 is 11.0. The molecule has 11 nitrogen and oxygen atoms in total. The van der Waals surface area contributed by atoms with Crippen molar-refractivity contribution in [2.24, 2.45) is 0 Å². The normalized spacial score (nSPS) is 29.0. The third-order valence-electron chi connectivity index (χ3n) is 4.66. The van der Waals surface area contributed by atoms with Gasteiger partial charge in [-0.15, -0.1) is 0 Å². The van der Waals surface area contributed by atoms with E-state index in [1.165, 1.54) is 19.5 Å². The van der Waals surface area contributed by atoms with Crippen molar-refractivity contribution < 1.29 is 29.8 Å². The molecule has 1 aliphatic rings. The Kier molecular flexibility index (Phi) is 6.21. The number of hydrogen-bond donors (Lipinski definition) is 4. The molecule has 0 amide bonds. The molecule has 144 valence electrons. The minimum atomic E-state index is -1.15. The number of nitrogens with zero attached hydrogens (tertiary/aromatic N) is 3. The maximum atomic E-state index is 11.6. The lowest BCUT2D eigenvalue weighted by atomic mass is 9.90. The van der Waals surface area contributed by atoms with Gasteiger partial charge in [-0.2, -0.15) is 0 Å². The Balaban J connectivity index is 2.38. The van der Waals surface area contributed by atoms with Gasteiger partial charge in [0, 0.05) is 13.5 Å². The van der Waals surface area contributed by atoms with Gasteiger partial charge in [-0.3, -0.25) is 20.8 Å². The van der Waals surface area contributed by atoms with Crippen molar-refractivity contribution in [2.75, 3.05) is 19.2 Å². The van der Waals surface area contributed by atoms with Gasteiger partial charge in [-0.05, 0) is 19.9 Å². The van der Waals surface area contributed by atoms with Crippen LogP contribution in [0.3, 0.4) is 0 Å². The van der Waals surface area contributed by atoms with Gasteiger partial charge in [-0.25, -0.2) is 9.97 Å². The maximum Gasteiger partial charge on any atom is 0.278 e. The molecule has 0 spiro atoms. The minimum absolute atomic E-state index is 0.0212. The summed E-state index contributed by atoms with van der Waals surface area (Å²) in [6, 6.07) is 0. The van der Waals surface area contributed by atoms with Crippen LogP contribution in [0, 0.1) is 17.0 Å². The van der Waals surface area contributed by atoms with Gasteiger partial charge in [0.05, 0.1) is 23.3 Å². The molecule has 1 saturated heterocycles. The van der Waals surface area contributed by atoms with E-state index in [1.54, 1.807) is 13.8 Å². The second-order valence-corrected chi connectivity index (χ2v) is 6.06. The molecule has 1 aliphatic heterocycles. The van der Waals surface area contributed by atoms with Gasteiger partial charge in [0.1, 0.15) is 29.7 Å². The average molecular weight is 370 g/mol. The third-order valence-corrected chi connectivity index (χ3v) is 4.66. The maximum absolute atomic E-state index is 11.6. The first-order valence-electron chi connectivity index (χ1n) is 7.86. The molecule has 26 heavy (non-hydrogen) atoms. The third kappa shape index (κ3) is 3.52. The van der Waals surface area contributed by atoms with Crippen molar-refractivity contribution in [1.82, 2.24) is 9.97 Å². The van der Waals surface area contributed by atoms with E-state index >= 15 is 0 Å². The summed E-state index contributed by atoms with van der Waals surface area (Å²) in [5.74, 6) is -0.101. The highest BCUT2D eigenvalue weighted by Crippen LogP contribution is 2.36. The van der Waals surface area contributed by atoms with Crippen LogP contribution in [0.5, 0.6) is 0 Å². The van der Waals surface area contributed by atoms with Crippen molar-refractivity contribution >= 4 is 11.5 Å². The van der Waals surface area contributed by atoms with E-state index < -0.39 is 35.4 Å². The fourth-order valence-electron chi connectivity index (χ4n) is 3.02. The largest absolute Gasteiger partial charge is 0.394 e. The fraction of sp³-hybridized carbons (Fsp3) is 0.600. The Bertz CT molecular complexity index is 699. The lowest BCUT2D eigenvalue weighted by Gasteiger charge is -2.30. The molecule has 0 radical (unpaired) electrons. The van der Waals surface area contributed by atoms with Crippen LogP contribution in [-0.4, -0.2) is 67.9 Å². The Labute approximate surface area is 149 Å². The molecule has 2 heterocycles. The van der Waals surface area contributed by atoms with Crippen LogP contribution in [0.1, 0.15) is 24.6 Å². The minimum Gasteiger partial charge on any atom is -0.394 e. The van der Waals surface area contributed by atoms with Gasteiger partial charge >= 0.3 is 0 Å². The number of rotatable bonds is 7. The summed E-state index contributed by atoms with van der Waals surface area (Å²) in [4.78, 5) is 18.6. The molecule has 11 heteroatoms. The van der Waals surface area contributed by atoms with Crippen molar-refractivity contribution in [1.29, 1.82) is 0 Å². The number of aliphatic hydroxyl groups is 2. The molecule has 0 aliphatic carbocycles. The SMILES string of the molecule is COC1(C)C(C/C=C(\c2c(C)ncnc2NO)[N+](=O)[O-])OC(CO)C1O. The van der Waals surface area contributed by atoms with E-state index in [0.717, 1.165) is 0 Å². The lowest BCUT2D eigenvalue weighted by Crippen LogP contribution is -2.47. The number of aliphatic hydroxyl groups excluding tert-OH is 2. The Morgan fingerprint density at radius 3 is 2.81 bits per heavy atom. The molecule has 0 bridgehead atoms. The highest BCUT2D eigenvalue weighted by molar-refractivity contribution is 5.70. The predicted molar refractivity (Wildman–Crippen MR) is 88.9 cm³/mol. The van der Waals surface area contributed by atoms with Crippen molar-refractivity contribution in [3.05, 3.63) is 33.8 Å². The highest BCUT2D eigenvalue weighted by atomic mass is 16.6. The summed E-state index contributed by atoms with van der Waals surface area (Å²) in [7, 11) is 1.39. The van der Waals surface area contributed by atoms with Crippen LogP contribution >= 0.6 is 0 Å². The molecule has 4 atom stereocenters. The number of anilines is 1. The topological polar surface area (TPSA) is 160 Å². The average Bonchev–Trinajstić information content (AvgIpc) is 2.87. The lowest BCUT2D eigenvalue weighted by molar-refractivity contribution is -0.375. The first-order chi connectivity index (χ1) is 12.3. The van der Waals surface area contributed by atoms with Gasteiger partial charge in [0.15, 0.2) is 5.82 Å². The van der Waals surface area contributed by atoms with Crippen molar-refractivity contribution in [2.45, 2.75) is 44.2 Å². The summed E-state index contributed by atoms with van der Waals surface area (Å²) in [5, 5.41) is 40.3. The van der Waals surface area contributed by atoms with Crippen LogP contribution in [0.15, 0.2) is 12.4 Å². The number of methoxy groups -OCH3 is 1. The number of aromatic nitrogens is 2. The Hall–Kier alpha value is -2.18. The predicted octanol–water partition coefficient (Wildman–Crippen LogP) is 0.120. The first-order valence-corrected chi connectivity index (χ1v) is 7.86. The molecular formula is C15H22N4O7. The molecule has 0 aromatic carbocycles. The number of aryl methyl sites for hydroxylation is 1. The second-order valence-electron chi connectivity index (χ2n) is 6.06. The van der Waals surface area contributed by atoms with Crippen LogP contribution in [0.2, 0.25) is 0 Å². The monoisotopic (exact) mass is 370 g/mol. The number of ether oxygens (including phenoxy) is 2. The molecule has 2 rings (SSSR count). The number of nitro groups is 1. The first kappa shape index (κ1) is 20.1. The molecule has 4 unspecified atom stereocenters. The van der Waals surface area contributed by atoms with E-state index in [1.807, 2.05) is 5.48 Å². The molecule has 1 fully saturated rings. The van der Waals surface area contributed by atoms with Crippen LogP contribution in [0.25, 0.3) is 5.70 Å². The van der Waals surface area contributed by atoms with Crippen molar-refractivity contribution in [3.63, 3.8) is 0 Å². The zero-order valence-corrected chi connectivity index (χ0v) is 14.6. The molecule has 4 N–H and O–H groups in total. The summed E-state index contributed by atoms with van der Waals surface area (Å²) in [6.07, 6.45) is -0.196. The van der Waals surface area contributed by atoms with Crippen LogP contribution in [0.4, 0.5) is 5.82 Å². The number of hydrogen-bond acceptors (Lipinski definition) is 10. The van der Waals surface area contributed by atoms with Crippen LogP contribution < -0.4 is 5.48 Å². The number of nitrogens with one attached hydrogen (secondary N) is 1. The highest BCUT2D eigenvalue weighted by Gasteiger charge is 2.52. The second kappa shape index (κ2) is 8.01. The van der Waals surface area contributed by atoms with E-state index in [2.05, 4.69) is 9.97 Å². The van der Waals surface area contributed by atoms with E-state index in [-0.39, 0.29) is 23.5 Å². The smallest absolute Gasteiger partial charge is 0.278 e. The van der Waals surface area contributed by atoms with Gasteiger partial charge < -0.3 is 19.7 Å². The van der Waals surface area contributed by atoms with E-state index in [0.29, 0.717) is 5.69 Å². The van der Waals surface area contributed by atoms with Gasteiger partial charge in [0.25, 0.3) is 5.70 Å². The van der Waals surface area contributed by atoms with E-state index in [4.69, 9.17) is 9.47 Å². The van der Waals surface area contributed by atoms with Crippen molar-refractivity contribution in [3.8, 4) is 0 Å². The van der Waals surface area contributed by atoms with Crippen LogP contribution in [-0.2, 0) is 9.47 Å².